The van der Waals surface area contributed by atoms with Crippen molar-refractivity contribution in [2.24, 2.45) is 0 Å². The Kier molecular flexibility index (Phi) is 4.52. The molecule has 19 heavy (non-hydrogen) atoms. The first-order chi connectivity index (χ1) is 9.10. The van der Waals surface area contributed by atoms with Gasteiger partial charge in [-0.05, 0) is 22.4 Å². The number of hydrogen-bond donors (Lipinski definition) is 2. The minimum absolute atomic E-state index is 0.122. The molecule has 2 aromatic rings. The van der Waals surface area contributed by atoms with Crippen molar-refractivity contribution in [1.29, 1.82) is 0 Å². The van der Waals surface area contributed by atoms with Gasteiger partial charge in [0.2, 0.25) is 0 Å². The van der Waals surface area contributed by atoms with E-state index in [9.17, 15) is 0 Å². The van der Waals surface area contributed by atoms with Crippen molar-refractivity contribution in [1.82, 2.24) is 19.9 Å². The fraction of sp³-hybridized carbons (Fsp3) is 0.462. The maximum absolute atomic E-state index is 4.54. The number of nitrogens with zero attached hydrogens (tertiary/aromatic N) is 3. The second-order valence-electron chi connectivity index (χ2n) is 4.67. The largest absolute Gasteiger partial charge is 0.360 e. The second-order valence-corrected chi connectivity index (χ2v) is 5.48. The zero-order valence-corrected chi connectivity index (χ0v) is 12.9. The molecular formula is C13H18BrN5. The van der Waals surface area contributed by atoms with Crippen LogP contribution in [0.1, 0.15) is 50.8 Å². The summed E-state index contributed by atoms with van der Waals surface area (Å²) in [6, 6.07) is 2.01. The van der Waals surface area contributed by atoms with Crippen molar-refractivity contribution in [2.75, 3.05) is 5.32 Å². The molecule has 0 saturated heterocycles. The highest BCUT2D eigenvalue weighted by atomic mass is 79.9. The van der Waals surface area contributed by atoms with Gasteiger partial charge in [0.05, 0.1) is 6.04 Å². The summed E-state index contributed by atoms with van der Waals surface area (Å²) in [5.41, 5.74) is 0. The lowest BCUT2D eigenvalue weighted by molar-refractivity contribution is 0.693. The molecule has 0 aliphatic carbocycles. The number of aromatic amines is 1. The number of anilines is 1. The summed E-state index contributed by atoms with van der Waals surface area (Å²) in [6.07, 6.45) is 4.51. The van der Waals surface area contributed by atoms with Gasteiger partial charge in [0.1, 0.15) is 22.1 Å². The SMILES string of the molecule is CCC(Nc1cc(Br)nc(C(C)C)n1)c1ncc[nH]1. The average Bonchev–Trinajstić information content (AvgIpc) is 2.89. The molecule has 0 spiro atoms. The van der Waals surface area contributed by atoms with Gasteiger partial charge >= 0.3 is 0 Å². The molecule has 1 atom stereocenters. The summed E-state index contributed by atoms with van der Waals surface area (Å²) in [6.45, 7) is 6.27. The van der Waals surface area contributed by atoms with Gasteiger partial charge in [0.15, 0.2) is 0 Å². The Morgan fingerprint density at radius 1 is 1.37 bits per heavy atom. The minimum atomic E-state index is 0.122. The van der Waals surface area contributed by atoms with Crippen LogP contribution in [-0.2, 0) is 0 Å². The van der Waals surface area contributed by atoms with Crippen LogP contribution in [0, 0.1) is 0 Å². The van der Waals surface area contributed by atoms with Crippen molar-refractivity contribution < 1.29 is 0 Å². The van der Waals surface area contributed by atoms with E-state index in [1.54, 1.807) is 6.20 Å². The van der Waals surface area contributed by atoms with E-state index in [1.165, 1.54) is 0 Å². The van der Waals surface area contributed by atoms with Gasteiger partial charge in [-0.3, -0.25) is 0 Å². The molecule has 6 heteroatoms. The van der Waals surface area contributed by atoms with Crippen LogP contribution in [-0.4, -0.2) is 19.9 Å². The van der Waals surface area contributed by atoms with Crippen LogP contribution in [0.25, 0.3) is 0 Å². The molecule has 0 fully saturated rings. The number of aromatic nitrogens is 4. The van der Waals surface area contributed by atoms with Crippen LogP contribution in [0.3, 0.4) is 0 Å². The summed E-state index contributed by atoms with van der Waals surface area (Å²) in [5.74, 6) is 2.85. The Labute approximate surface area is 121 Å². The zero-order chi connectivity index (χ0) is 13.8. The van der Waals surface area contributed by atoms with Gasteiger partial charge in [-0.25, -0.2) is 15.0 Å². The number of rotatable bonds is 5. The number of imidazole rings is 1. The van der Waals surface area contributed by atoms with Crippen molar-refractivity contribution >= 4 is 21.7 Å². The van der Waals surface area contributed by atoms with Crippen LogP contribution < -0.4 is 5.32 Å². The highest BCUT2D eigenvalue weighted by Crippen LogP contribution is 2.22. The van der Waals surface area contributed by atoms with Gasteiger partial charge in [-0.1, -0.05) is 20.8 Å². The lowest BCUT2D eigenvalue weighted by atomic mass is 10.2. The Balaban J connectivity index is 2.22. The minimum Gasteiger partial charge on any atom is -0.360 e. The van der Waals surface area contributed by atoms with E-state index in [4.69, 9.17) is 0 Å². The van der Waals surface area contributed by atoms with Gasteiger partial charge < -0.3 is 10.3 Å². The fourth-order valence-corrected chi connectivity index (χ4v) is 2.18. The van der Waals surface area contributed by atoms with E-state index in [-0.39, 0.29) is 6.04 Å². The average molecular weight is 324 g/mol. The Morgan fingerprint density at radius 3 is 2.74 bits per heavy atom. The lowest BCUT2D eigenvalue weighted by Crippen LogP contribution is -2.13. The molecule has 0 saturated carbocycles. The summed E-state index contributed by atoms with van der Waals surface area (Å²) in [5, 5.41) is 3.39. The second kappa shape index (κ2) is 6.14. The topological polar surface area (TPSA) is 66.5 Å². The third-order valence-electron chi connectivity index (χ3n) is 2.81. The van der Waals surface area contributed by atoms with E-state index >= 15 is 0 Å². The maximum atomic E-state index is 4.54. The molecule has 2 aromatic heterocycles. The van der Waals surface area contributed by atoms with E-state index in [0.717, 1.165) is 28.5 Å². The number of nitrogens with one attached hydrogen (secondary N) is 2. The summed E-state index contributed by atoms with van der Waals surface area (Å²) in [4.78, 5) is 16.3. The Hall–Kier alpha value is -1.43. The molecule has 1 unspecified atom stereocenters. The van der Waals surface area contributed by atoms with Crippen LogP contribution >= 0.6 is 15.9 Å². The molecule has 2 N–H and O–H groups in total. The third kappa shape index (κ3) is 3.53. The summed E-state index contributed by atoms with van der Waals surface area (Å²) < 4.78 is 0.794. The molecular weight excluding hydrogens is 306 g/mol. The summed E-state index contributed by atoms with van der Waals surface area (Å²) >= 11 is 3.43. The van der Waals surface area contributed by atoms with Gasteiger partial charge in [-0.15, -0.1) is 0 Å². The van der Waals surface area contributed by atoms with Crippen molar-refractivity contribution in [2.45, 2.75) is 39.2 Å². The number of halogens is 1. The van der Waals surface area contributed by atoms with Gasteiger partial charge in [-0.2, -0.15) is 0 Å². The van der Waals surface area contributed by atoms with E-state index in [2.05, 4.69) is 62.0 Å². The molecule has 0 bridgehead atoms. The number of H-pyrrole nitrogens is 1. The molecule has 2 heterocycles. The van der Waals surface area contributed by atoms with E-state index in [1.807, 2.05) is 12.3 Å². The lowest BCUT2D eigenvalue weighted by Gasteiger charge is -2.16. The molecule has 102 valence electrons. The van der Waals surface area contributed by atoms with Gasteiger partial charge in [0, 0.05) is 24.4 Å². The van der Waals surface area contributed by atoms with E-state index in [0.29, 0.717) is 5.92 Å². The normalized spacial score (nSPS) is 12.7. The predicted octanol–water partition coefficient (Wildman–Crippen LogP) is 3.65. The first kappa shape index (κ1) is 14.0. The molecule has 0 aliphatic rings. The zero-order valence-electron chi connectivity index (χ0n) is 11.3. The van der Waals surface area contributed by atoms with E-state index < -0.39 is 0 Å². The van der Waals surface area contributed by atoms with Crippen LogP contribution in [0.15, 0.2) is 23.1 Å². The predicted molar refractivity (Wildman–Crippen MR) is 79.1 cm³/mol. The Morgan fingerprint density at radius 2 is 2.16 bits per heavy atom. The highest BCUT2D eigenvalue weighted by molar-refractivity contribution is 9.10. The van der Waals surface area contributed by atoms with Crippen LogP contribution in [0.2, 0.25) is 0 Å². The van der Waals surface area contributed by atoms with Crippen LogP contribution in [0.5, 0.6) is 0 Å². The highest BCUT2D eigenvalue weighted by Gasteiger charge is 2.14. The first-order valence-corrected chi connectivity index (χ1v) is 7.19. The monoisotopic (exact) mass is 323 g/mol. The molecule has 5 nitrogen and oxygen atoms in total. The standard InChI is InChI=1S/C13H18BrN5/c1-4-9(13-15-5-6-16-13)17-11-7-10(14)18-12(19-11)8(2)3/h5-9H,4H2,1-3H3,(H,15,16)(H,17,18,19). The summed E-state index contributed by atoms with van der Waals surface area (Å²) in [7, 11) is 0. The third-order valence-corrected chi connectivity index (χ3v) is 3.21. The van der Waals surface area contributed by atoms with Crippen molar-refractivity contribution in [3.63, 3.8) is 0 Å². The molecule has 0 amide bonds. The molecule has 2 rings (SSSR count). The number of hydrogen-bond acceptors (Lipinski definition) is 4. The first-order valence-electron chi connectivity index (χ1n) is 6.40. The molecule has 0 radical (unpaired) electrons. The van der Waals surface area contributed by atoms with Crippen LogP contribution in [0.4, 0.5) is 5.82 Å². The maximum Gasteiger partial charge on any atom is 0.134 e. The fourth-order valence-electron chi connectivity index (χ4n) is 1.78. The molecule has 0 aliphatic heterocycles. The molecule has 0 aromatic carbocycles. The van der Waals surface area contributed by atoms with Crippen molar-refractivity contribution in [3.8, 4) is 0 Å². The quantitative estimate of drug-likeness (QED) is 0.824. The van der Waals surface area contributed by atoms with Gasteiger partial charge in [0.25, 0.3) is 0 Å². The van der Waals surface area contributed by atoms with Crippen molar-refractivity contribution in [3.05, 3.63) is 34.7 Å². The smallest absolute Gasteiger partial charge is 0.134 e. The Bertz CT molecular complexity index is 524.